The molecule has 7 nitrogen and oxygen atoms in total. The second-order valence-electron chi connectivity index (χ2n) is 7.09. The molecule has 28 heavy (non-hydrogen) atoms. The molecular weight excluding hydrogens is 354 g/mol. The number of carbonyl (C=O) groups is 1. The fourth-order valence-corrected chi connectivity index (χ4v) is 3.41. The Morgan fingerprint density at radius 2 is 2.11 bits per heavy atom. The number of nitrogens with one attached hydrogen (secondary N) is 1. The predicted molar refractivity (Wildman–Crippen MR) is 106 cm³/mol. The number of rotatable bonds is 4. The first kappa shape index (κ1) is 18.3. The van der Waals surface area contributed by atoms with Crippen molar-refractivity contribution in [1.29, 1.82) is 0 Å². The van der Waals surface area contributed by atoms with E-state index in [4.69, 9.17) is 4.74 Å². The lowest BCUT2D eigenvalue weighted by molar-refractivity contribution is 0.0724. The fourth-order valence-electron chi connectivity index (χ4n) is 3.41. The van der Waals surface area contributed by atoms with E-state index in [0.29, 0.717) is 18.7 Å². The molecule has 3 aromatic heterocycles. The van der Waals surface area contributed by atoms with Crippen LogP contribution in [-0.4, -0.2) is 57.0 Å². The molecule has 1 aliphatic rings. The van der Waals surface area contributed by atoms with Crippen LogP contribution in [0.1, 0.15) is 28.2 Å². The topological polar surface area (TPSA) is 84.0 Å². The van der Waals surface area contributed by atoms with Crippen LogP contribution in [0, 0.1) is 13.8 Å². The number of nitrogens with zero attached hydrogens (tertiary/aromatic N) is 4. The Hall–Kier alpha value is -3.06. The van der Waals surface area contributed by atoms with Crippen molar-refractivity contribution >= 4 is 5.91 Å². The summed E-state index contributed by atoms with van der Waals surface area (Å²) in [4.78, 5) is 31.1. The molecule has 0 radical (unpaired) electrons. The average Bonchev–Trinajstić information content (AvgIpc) is 3.34. The molecule has 1 unspecified atom stereocenters. The van der Waals surface area contributed by atoms with Gasteiger partial charge in [-0.25, -0.2) is 4.98 Å². The van der Waals surface area contributed by atoms with E-state index in [0.717, 1.165) is 40.5 Å². The molecule has 3 aromatic rings. The number of likely N-dealkylation sites (tertiary alicyclic amines) is 1. The Morgan fingerprint density at radius 3 is 2.82 bits per heavy atom. The number of imidazole rings is 1. The van der Waals surface area contributed by atoms with E-state index < -0.39 is 0 Å². The maximum Gasteiger partial charge on any atom is 0.255 e. The lowest BCUT2D eigenvalue weighted by atomic mass is 10.1. The SMILES string of the molecule is COC1CCN(C(=O)c2cncc(-c3ccnc(-c4nc(C)c(C)[nH]4)c3)c2)C1. The number of aromatic nitrogens is 4. The first-order chi connectivity index (χ1) is 13.5. The van der Waals surface area contributed by atoms with E-state index in [2.05, 4.69) is 19.9 Å². The van der Waals surface area contributed by atoms with Gasteiger partial charge in [-0.05, 0) is 44.0 Å². The van der Waals surface area contributed by atoms with Gasteiger partial charge in [0.25, 0.3) is 5.91 Å². The minimum Gasteiger partial charge on any atom is -0.380 e. The van der Waals surface area contributed by atoms with Crippen LogP contribution in [0.25, 0.3) is 22.6 Å². The van der Waals surface area contributed by atoms with Gasteiger partial charge in [-0.2, -0.15) is 0 Å². The van der Waals surface area contributed by atoms with E-state index in [-0.39, 0.29) is 12.0 Å². The molecule has 1 fully saturated rings. The van der Waals surface area contributed by atoms with Gasteiger partial charge in [0, 0.05) is 50.0 Å². The predicted octanol–water partition coefficient (Wildman–Crippen LogP) is 3.01. The van der Waals surface area contributed by atoms with E-state index >= 15 is 0 Å². The zero-order valence-electron chi connectivity index (χ0n) is 16.3. The molecule has 1 aliphatic heterocycles. The number of carbonyl (C=O) groups excluding carboxylic acids is 1. The van der Waals surface area contributed by atoms with Crippen molar-refractivity contribution in [3.63, 3.8) is 0 Å². The minimum absolute atomic E-state index is 0.0135. The second-order valence-corrected chi connectivity index (χ2v) is 7.09. The van der Waals surface area contributed by atoms with Crippen molar-refractivity contribution in [2.45, 2.75) is 26.4 Å². The molecular formula is C21H23N5O2. The van der Waals surface area contributed by atoms with Gasteiger partial charge in [-0.15, -0.1) is 0 Å². The van der Waals surface area contributed by atoms with Crippen molar-refractivity contribution < 1.29 is 9.53 Å². The summed E-state index contributed by atoms with van der Waals surface area (Å²) < 4.78 is 5.36. The molecule has 7 heteroatoms. The lowest BCUT2D eigenvalue weighted by Gasteiger charge is -2.16. The minimum atomic E-state index is -0.0135. The number of hydrogen-bond acceptors (Lipinski definition) is 5. The number of methoxy groups -OCH3 is 1. The van der Waals surface area contributed by atoms with Gasteiger partial charge in [-0.1, -0.05) is 0 Å². The summed E-state index contributed by atoms with van der Waals surface area (Å²) in [6, 6.07) is 5.75. The van der Waals surface area contributed by atoms with Gasteiger partial charge < -0.3 is 14.6 Å². The Bertz CT molecular complexity index is 994. The first-order valence-corrected chi connectivity index (χ1v) is 9.32. The van der Waals surface area contributed by atoms with Crippen LogP contribution in [0.4, 0.5) is 0 Å². The highest BCUT2D eigenvalue weighted by Crippen LogP contribution is 2.25. The Morgan fingerprint density at radius 1 is 1.25 bits per heavy atom. The number of aromatic amines is 1. The quantitative estimate of drug-likeness (QED) is 0.756. The van der Waals surface area contributed by atoms with Crippen molar-refractivity contribution in [2.24, 2.45) is 0 Å². The number of ether oxygens (including phenoxy) is 1. The molecule has 1 atom stereocenters. The molecule has 0 bridgehead atoms. The third-order valence-corrected chi connectivity index (χ3v) is 5.21. The Balaban J connectivity index is 1.61. The smallest absolute Gasteiger partial charge is 0.255 e. The summed E-state index contributed by atoms with van der Waals surface area (Å²) in [6.45, 7) is 5.28. The van der Waals surface area contributed by atoms with Gasteiger partial charge in [-0.3, -0.25) is 14.8 Å². The summed E-state index contributed by atoms with van der Waals surface area (Å²) in [5, 5.41) is 0. The van der Waals surface area contributed by atoms with Crippen molar-refractivity contribution in [3.05, 3.63) is 53.7 Å². The van der Waals surface area contributed by atoms with Crippen molar-refractivity contribution in [1.82, 2.24) is 24.8 Å². The van der Waals surface area contributed by atoms with E-state index in [1.54, 1.807) is 25.7 Å². The molecule has 1 amide bonds. The molecule has 0 spiro atoms. The van der Waals surface area contributed by atoms with Crippen LogP contribution >= 0.6 is 0 Å². The number of pyridine rings is 2. The molecule has 1 N–H and O–H groups in total. The summed E-state index contributed by atoms with van der Waals surface area (Å²) in [5.74, 6) is 0.722. The van der Waals surface area contributed by atoms with Crippen LogP contribution in [0.2, 0.25) is 0 Å². The molecule has 4 heterocycles. The van der Waals surface area contributed by atoms with Gasteiger partial charge >= 0.3 is 0 Å². The van der Waals surface area contributed by atoms with E-state index in [1.165, 1.54) is 0 Å². The van der Waals surface area contributed by atoms with Crippen LogP contribution < -0.4 is 0 Å². The summed E-state index contributed by atoms with van der Waals surface area (Å²) in [6.07, 6.45) is 6.10. The third-order valence-electron chi connectivity index (χ3n) is 5.21. The van der Waals surface area contributed by atoms with Crippen molar-refractivity contribution in [3.8, 4) is 22.6 Å². The van der Waals surface area contributed by atoms with Gasteiger partial charge in [0.2, 0.25) is 0 Å². The molecule has 4 rings (SSSR count). The average molecular weight is 377 g/mol. The summed E-state index contributed by atoms with van der Waals surface area (Å²) >= 11 is 0. The maximum atomic E-state index is 12.8. The molecule has 144 valence electrons. The van der Waals surface area contributed by atoms with E-state index in [9.17, 15) is 4.79 Å². The third kappa shape index (κ3) is 3.53. The number of aryl methyl sites for hydroxylation is 2. The summed E-state index contributed by atoms with van der Waals surface area (Å²) in [5.41, 5.74) is 5.13. The Labute approximate surface area is 163 Å². The monoisotopic (exact) mass is 377 g/mol. The van der Waals surface area contributed by atoms with E-state index in [1.807, 2.05) is 36.9 Å². The first-order valence-electron chi connectivity index (χ1n) is 9.32. The van der Waals surface area contributed by atoms with Crippen LogP contribution in [0.3, 0.4) is 0 Å². The highest BCUT2D eigenvalue weighted by atomic mass is 16.5. The van der Waals surface area contributed by atoms with Crippen LogP contribution in [-0.2, 0) is 4.74 Å². The fraction of sp³-hybridized carbons (Fsp3) is 0.333. The Kier molecular flexibility index (Phi) is 4.92. The molecule has 1 saturated heterocycles. The largest absolute Gasteiger partial charge is 0.380 e. The van der Waals surface area contributed by atoms with Crippen LogP contribution in [0.15, 0.2) is 36.8 Å². The van der Waals surface area contributed by atoms with Gasteiger partial charge in [0.05, 0.1) is 17.4 Å². The van der Waals surface area contributed by atoms with Crippen LogP contribution in [0.5, 0.6) is 0 Å². The zero-order chi connectivity index (χ0) is 19.7. The second kappa shape index (κ2) is 7.52. The number of hydrogen-bond donors (Lipinski definition) is 1. The molecule has 0 aromatic carbocycles. The standard InChI is InChI=1S/C21H23N5O2/c1-13-14(2)25-20(24-13)19-9-15(4-6-23-19)16-8-17(11-22-10-16)21(27)26-7-5-18(12-26)28-3/h4,6,8-11,18H,5,7,12H2,1-3H3,(H,24,25). The molecule has 0 aliphatic carbocycles. The summed E-state index contributed by atoms with van der Waals surface area (Å²) in [7, 11) is 1.68. The highest BCUT2D eigenvalue weighted by molar-refractivity contribution is 5.95. The van der Waals surface area contributed by atoms with Crippen molar-refractivity contribution in [2.75, 3.05) is 20.2 Å². The number of H-pyrrole nitrogens is 1. The van der Waals surface area contributed by atoms with Gasteiger partial charge in [0.15, 0.2) is 5.82 Å². The normalized spacial score (nSPS) is 16.5. The maximum absolute atomic E-state index is 12.8. The lowest BCUT2D eigenvalue weighted by Crippen LogP contribution is -2.30. The van der Waals surface area contributed by atoms with Gasteiger partial charge in [0.1, 0.15) is 5.69 Å². The zero-order valence-corrected chi connectivity index (χ0v) is 16.3. The highest BCUT2D eigenvalue weighted by Gasteiger charge is 2.27. The number of amides is 1. The molecule has 0 saturated carbocycles.